The van der Waals surface area contributed by atoms with Gasteiger partial charge in [-0.15, -0.1) is 0 Å². The number of aliphatic carboxylic acids is 1. The molecule has 108 valence electrons. The monoisotopic (exact) mass is 276 g/mol. The van der Waals surface area contributed by atoms with Crippen LogP contribution in [0.4, 0.5) is 0 Å². The van der Waals surface area contributed by atoms with Gasteiger partial charge in [-0.3, -0.25) is 0 Å². The number of carboxylic acid groups (broad SMARTS) is 1. The molecule has 0 amide bonds. The van der Waals surface area contributed by atoms with Crippen LogP contribution in [-0.4, -0.2) is 23.7 Å². The predicted octanol–water partition coefficient (Wildman–Crippen LogP) is 3.00. The molecule has 0 aromatic heterocycles. The highest BCUT2D eigenvalue weighted by molar-refractivity contribution is 5.86. The van der Waals surface area contributed by atoms with Crippen molar-refractivity contribution >= 4 is 11.9 Å². The second-order valence-electron chi connectivity index (χ2n) is 4.24. The predicted molar refractivity (Wildman–Crippen MR) is 78.4 cm³/mol. The number of esters is 1. The number of carboxylic acids is 1. The van der Waals surface area contributed by atoms with Gasteiger partial charge in [0.1, 0.15) is 0 Å². The van der Waals surface area contributed by atoms with Gasteiger partial charge in [0.2, 0.25) is 0 Å². The number of carbonyl (C=O) groups is 2. The Labute approximate surface area is 119 Å². The summed E-state index contributed by atoms with van der Waals surface area (Å²) < 4.78 is 4.97. The molecule has 4 heteroatoms. The van der Waals surface area contributed by atoms with E-state index >= 15 is 0 Å². The summed E-state index contributed by atoms with van der Waals surface area (Å²) in [4.78, 5) is 20.6. The summed E-state index contributed by atoms with van der Waals surface area (Å²) in [5.41, 5.74) is 1.79. The first-order valence-electron chi connectivity index (χ1n) is 6.10. The van der Waals surface area contributed by atoms with Gasteiger partial charge in [-0.2, -0.15) is 0 Å². The lowest BCUT2D eigenvalue weighted by Crippen LogP contribution is -2.07. The van der Waals surface area contributed by atoms with E-state index in [-0.39, 0.29) is 11.5 Å². The van der Waals surface area contributed by atoms with E-state index in [4.69, 9.17) is 9.84 Å². The van der Waals surface area contributed by atoms with E-state index in [1.807, 2.05) is 30.3 Å². The molecular formula is C16H20O4. The second-order valence-corrected chi connectivity index (χ2v) is 4.24. The van der Waals surface area contributed by atoms with Crippen molar-refractivity contribution in [1.29, 1.82) is 0 Å². The minimum absolute atomic E-state index is 0.176. The normalized spacial score (nSPS) is 8.90. The van der Waals surface area contributed by atoms with Gasteiger partial charge in [-0.1, -0.05) is 43.5 Å². The highest BCUT2D eigenvalue weighted by atomic mass is 16.5. The van der Waals surface area contributed by atoms with Gasteiger partial charge in [-0.05, 0) is 19.4 Å². The zero-order chi connectivity index (χ0) is 15.5. The van der Waals surface area contributed by atoms with E-state index in [1.165, 1.54) is 12.5 Å². The molecule has 1 aromatic rings. The van der Waals surface area contributed by atoms with Gasteiger partial charge < -0.3 is 9.84 Å². The van der Waals surface area contributed by atoms with E-state index in [1.54, 1.807) is 6.92 Å². The molecule has 4 nitrogen and oxygen atoms in total. The summed E-state index contributed by atoms with van der Waals surface area (Å²) in [6.45, 7) is 10.2. The van der Waals surface area contributed by atoms with E-state index in [9.17, 15) is 9.59 Å². The largest absolute Gasteiger partial charge is 0.478 e. The SMILES string of the molecule is C=C(C)C(=O)O.C=C(C)C(=O)OCCc1ccccc1. The van der Waals surface area contributed by atoms with Gasteiger partial charge in [0.25, 0.3) is 0 Å². The zero-order valence-corrected chi connectivity index (χ0v) is 11.9. The van der Waals surface area contributed by atoms with E-state index in [0.717, 1.165) is 6.42 Å². The Balaban J connectivity index is 0.000000511. The lowest BCUT2D eigenvalue weighted by molar-refractivity contribution is -0.138. The molecule has 1 aromatic carbocycles. The topological polar surface area (TPSA) is 63.6 Å². The van der Waals surface area contributed by atoms with Crippen LogP contribution in [0.15, 0.2) is 54.6 Å². The molecule has 0 fully saturated rings. The molecule has 0 atom stereocenters. The Morgan fingerprint density at radius 2 is 1.60 bits per heavy atom. The molecular weight excluding hydrogens is 256 g/mol. The average Bonchev–Trinajstić information content (AvgIpc) is 2.40. The van der Waals surface area contributed by atoms with Crippen molar-refractivity contribution in [2.75, 3.05) is 6.61 Å². The first-order valence-corrected chi connectivity index (χ1v) is 6.10. The highest BCUT2D eigenvalue weighted by Crippen LogP contribution is 2.00. The molecule has 0 spiro atoms. The molecule has 1 N–H and O–H groups in total. The Morgan fingerprint density at radius 1 is 1.10 bits per heavy atom. The van der Waals surface area contributed by atoms with Crippen molar-refractivity contribution in [3.05, 3.63) is 60.2 Å². The minimum Gasteiger partial charge on any atom is -0.478 e. The first kappa shape index (κ1) is 17.6. The standard InChI is InChI=1S/C12H14O2.C4H6O2/c1-10(2)12(13)14-9-8-11-6-4-3-5-7-11;1-3(2)4(5)6/h3-7H,1,8-9H2,2H3;1H2,2H3,(H,5,6). The Morgan fingerprint density at radius 3 is 2.00 bits per heavy atom. The molecule has 1 rings (SSSR count). The van der Waals surface area contributed by atoms with E-state index < -0.39 is 5.97 Å². The summed E-state index contributed by atoms with van der Waals surface area (Å²) in [5, 5.41) is 7.89. The molecule has 0 aliphatic carbocycles. The fraction of sp³-hybridized carbons (Fsp3) is 0.250. The van der Waals surface area contributed by atoms with Crippen molar-refractivity contribution in [2.24, 2.45) is 0 Å². The van der Waals surface area contributed by atoms with Crippen LogP contribution in [0, 0.1) is 0 Å². The van der Waals surface area contributed by atoms with E-state index in [0.29, 0.717) is 12.2 Å². The molecule has 0 bridgehead atoms. The number of carbonyl (C=O) groups excluding carboxylic acids is 1. The fourth-order valence-electron chi connectivity index (χ4n) is 1.03. The van der Waals surface area contributed by atoms with Crippen molar-refractivity contribution in [3.63, 3.8) is 0 Å². The maximum atomic E-state index is 11.0. The van der Waals surface area contributed by atoms with Crippen molar-refractivity contribution in [1.82, 2.24) is 0 Å². The van der Waals surface area contributed by atoms with Crippen LogP contribution in [0.2, 0.25) is 0 Å². The van der Waals surface area contributed by atoms with Crippen LogP contribution < -0.4 is 0 Å². The lowest BCUT2D eigenvalue weighted by atomic mass is 10.2. The van der Waals surface area contributed by atoms with Crippen molar-refractivity contribution in [3.8, 4) is 0 Å². The Bertz CT molecular complexity index is 463. The fourth-order valence-corrected chi connectivity index (χ4v) is 1.03. The Kier molecular flexibility index (Phi) is 8.43. The molecule has 20 heavy (non-hydrogen) atoms. The van der Waals surface area contributed by atoms with Gasteiger partial charge in [0.05, 0.1) is 6.61 Å². The maximum Gasteiger partial charge on any atom is 0.333 e. The lowest BCUT2D eigenvalue weighted by Gasteiger charge is -2.03. The number of ether oxygens (including phenoxy) is 1. The van der Waals surface area contributed by atoms with Crippen LogP contribution in [0.1, 0.15) is 19.4 Å². The minimum atomic E-state index is -0.935. The van der Waals surface area contributed by atoms with Gasteiger partial charge >= 0.3 is 11.9 Å². The molecule has 0 saturated carbocycles. The molecule has 0 radical (unpaired) electrons. The summed E-state index contributed by atoms with van der Waals surface area (Å²) in [5.74, 6) is -1.25. The van der Waals surface area contributed by atoms with Gasteiger partial charge in [0.15, 0.2) is 0 Å². The first-order chi connectivity index (χ1) is 9.34. The maximum absolute atomic E-state index is 11.0. The van der Waals surface area contributed by atoms with Gasteiger partial charge in [-0.25, -0.2) is 9.59 Å². The average molecular weight is 276 g/mol. The third kappa shape index (κ3) is 8.69. The third-order valence-electron chi connectivity index (χ3n) is 2.18. The molecule has 0 unspecified atom stereocenters. The summed E-state index contributed by atoms with van der Waals surface area (Å²) >= 11 is 0. The van der Waals surface area contributed by atoms with Gasteiger partial charge in [0, 0.05) is 17.6 Å². The quantitative estimate of drug-likeness (QED) is 0.663. The van der Waals surface area contributed by atoms with Crippen molar-refractivity contribution < 1.29 is 19.4 Å². The molecule has 0 aliphatic rings. The van der Waals surface area contributed by atoms with Crippen molar-refractivity contribution in [2.45, 2.75) is 20.3 Å². The number of benzene rings is 1. The number of rotatable bonds is 5. The van der Waals surface area contributed by atoms with E-state index in [2.05, 4.69) is 13.2 Å². The second kappa shape index (κ2) is 9.55. The number of hydrogen-bond acceptors (Lipinski definition) is 3. The zero-order valence-electron chi connectivity index (χ0n) is 11.9. The number of hydrogen-bond donors (Lipinski definition) is 1. The Hall–Kier alpha value is -2.36. The smallest absolute Gasteiger partial charge is 0.333 e. The highest BCUT2D eigenvalue weighted by Gasteiger charge is 2.01. The van der Waals surface area contributed by atoms with Crippen LogP contribution in [0.3, 0.4) is 0 Å². The molecule has 0 aliphatic heterocycles. The summed E-state index contributed by atoms with van der Waals surface area (Å²) in [6.07, 6.45) is 0.750. The molecule has 0 heterocycles. The van der Waals surface area contributed by atoms with Crippen LogP contribution in [0.5, 0.6) is 0 Å². The summed E-state index contributed by atoms with van der Waals surface area (Å²) in [7, 11) is 0. The van der Waals surface area contributed by atoms with Crippen LogP contribution in [-0.2, 0) is 20.7 Å². The van der Waals surface area contributed by atoms with Crippen LogP contribution >= 0.6 is 0 Å². The summed E-state index contributed by atoms with van der Waals surface area (Å²) in [6, 6.07) is 9.92. The third-order valence-corrected chi connectivity index (χ3v) is 2.18. The molecule has 0 saturated heterocycles. The van der Waals surface area contributed by atoms with Crippen LogP contribution in [0.25, 0.3) is 0 Å².